The van der Waals surface area contributed by atoms with Crippen molar-refractivity contribution in [2.24, 2.45) is 0 Å². The normalized spacial score (nSPS) is 10.1. The highest BCUT2D eigenvalue weighted by Gasteiger charge is 2.17. The fraction of sp³-hybridized carbons (Fsp3) is 0.300. The highest BCUT2D eigenvalue weighted by molar-refractivity contribution is 5.60. The summed E-state index contributed by atoms with van der Waals surface area (Å²) in [6.45, 7) is -0.525. The number of nitrogens with zero attached hydrogens (tertiary/aromatic N) is 3. The van der Waals surface area contributed by atoms with Crippen LogP contribution in [-0.4, -0.2) is 24.9 Å². The zero-order valence-electron chi connectivity index (χ0n) is 8.93. The van der Waals surface area contributed by atoms with Crippen molar-refractivity contribution < 1.29 is 13.7 Å². The lowest BCUT2D eigenvalue weighted by Crippen LogP contribution is -2.24. The minimum Gasteiger partial charge on any atom is -0.369 e. The minimum atomic E-state index is -2.53. The molecule has 1 aromatic carbocycles. The van der Waals surface area contributed by atoms with Crippen LogP contribution in [0.5, 0.6) is 0 Å². The van der Waals surface area contributed by atoms with Gasteiger partial charge in [-0.2, -0.15) is 5.26 Å². The molecule has 5 nitrogen and oxygen atoms in total. The third-order valence-electron chi connectivity index (χ3n) is 2.15. The molecular formula is C10H9F2N3O2. The summed E-state index contributed by atoms with van der Waals surface area (Å²) in [5.74, 6) is 0. The molecule has 0 N–H and O–H groups in total. The maximum Gasteiger partial charge on any atom is 0.289 e. The van der Waals surface area contributed by atoms with Crippen LogP contribution in [0.25, 0.3) is 0 Å². The van der Waals surface area contributed by atoms with Crippen LogP contribution in [0.1, 0.15) is 5.56 Å². The smallest absolute Gasteiger partial charge is 0.289 e. The molecule has 0 heterocycles. The lowest BCUT2D eigenvalue weighted by atomic mass is 10.1. The Morgan fingerprint density at radius 3 is 2.71 bits per heavy atom. The van der Waals surface area contributed by atoms with Gasteiger partial charge < -0.3 is 4.90 Å². The topological polar surface area (TPSA) is 70.2 Å². The average molecular weight is 241 g/mol. The number of nitriles is 1. The molecule has 0 aliphatic heterocycles. The Hall–Kier alpha value is -2.23. The van der Waals surface area contributed by atoms with Crippen LogP contribution >= 0.6 is 0 Å². The van der Waals surface area contributed by atoms with Gasteiger partial charge in [0.1, 0.15) is 11.6 Å². The molecule has 90 valence electrons. The molecule has 0 saturated carbocycles. The predicted molar refractivity (Wildman–Crippen MR) is 57.1 cm³/mol. The number of nitro benzene ring substituents is 1. The van der Waals surface area contributed by atoms with E-state index < -0.39 is 17.9 Å². The zero-order chi connectivity index (χ0) is 13.0. The number of benzene rings is 1. The van der Waals surface area contributed by atoms with Gasteiger partial charge in [0.15, 0.2) is 0 Å². The summed E-state index contributed by atoms with van der Waals surface area (Å²) >= 11 is 0. The number of hydrogen-bond acceptors (Lipinski definition) is 4. The molecule has 0 fully saturated rings. The van der Waals surface area contributed by atoms with E-state index in [-0.39, 0.29) is 16.9 Å². The molecule has 0 bridgehead atoms. The molecule has 17 heavy (non-hydrogen) atoms. The molecule has 7 heteroatoms. The van der Waals surface area contributed by atoms with Gasteiger partial charge in [-0.3, -0.25) is 10.1 Å². The largest absolute Gasteiger partial charge is 0.369 e. The van der Waals surface area contributed by atoms with Crippen LogP contribution in [0.2, 0.25) is 0 Å². The van der Waals surface area contributed by atoms with E-state index in [9.17, 15) is 18.9 Å². The first-order valence-electron chi connectivity index (χ1n) is 4.63. The van der Waals surface area contributed by atoms with Crippen LogP contribution < -0.4 is 4.90 Å². The molecule has 0 radical (unpaired) electrons. The Morgan fingerprint density at radius 2 is 2.24 bits per heavy atom. The van der Waals surface area contributed by atoms with E-state index in [2.05, 4.69) is 0 Å². The molecule has 0 aromatic heterocycles. The van der Waals surface area contributed by atoms with Crippen LogP contribution in [0.15, 0.2) is 18.2 Å². The maximum atomic E-state index is 12.1. The summed E-state index contributed by atoms with van der Waals surface area (Å²) in [6, 6.07) is 5.43. The van der Waals surface area contributed by atoms with Gasteiger partial charge >= 0.3 is 0 Å². The van der Waals surface area contributed by atoms with Crippen LogP contribution in [0.3, 0.4) is 0 Å². The molecule has 0 aliphatic rings. The SMILES string of the molecule is CN(CC(F)F)c1ccc(C#N)c([N+](=O)[O-])c1. The van der Waals surface area contributed by atoms with Gasteiger partial charge in [-0.25, -0.2) is 8.78 Å². The Morgan fingerprint density at radius 1 is 1.59 bits per heavy atom. The molecule has 1 aromatic rings. The van der Waals surface area contributed by atoms with E-state index in [4.69, 9.17) is 5.26 Å². The van der Waals surface area contributed by atoms with E-state index in [0.29, 0.717) is 0 Å². The lowest BCUT2D eigenvalue weighted by molar-refractivity contribution is -0.385. The second kappa shape index (κ2) is 5.21. The molecule has 0 atom stereocenters. The molecule has 0 aliphatic carbocycles. The molecule has 0 saturated heterocycles. The predicted octanol–water partition coefficient (Wildman–Crippen LogP) is 2.17. The molecular weight excluding hydrogens is 232 g/mol. The van der Waals surface area contributed by atoms with Crippen molar-refractivity contribution in [3.8, 4) is 6.07 Å². The summed E-state index contributed by atoms with van der Waals surface area (Å²) in [5.41, 5.74) is -0.202. The van der Waals surface area contributed by atoms with E-state index in [0.717, 1.165) is 6.07 Å². The quantitative estimate of drug-likeness (QED) is 0.598. The summed E-state index contributed by atoms with van der Waals surface area (Å²) in [5, 5.41) is 19.3. The second-order valence-corrected chi connectivity index (χ2v) is 3.34. The Bertz CT molecular complexity index is 471. The van der Waals surface area contributed by atoms with Gasteiger partial charge in [-0.1, -0.05) is 0 Å². The van der Waals surface area contributed by atoms with Crippen molar-refractivity contribution in [1.82, 2.24) is 0 Å². The third-order valence-corrected chi connectivity index (χ3v) is 2.15. The highest BCUT2D eigenvalue weighted by atomic mass is 19.3. The lowest BCUT2D eigenvalue weighted by Gasteiger charge is -2.18. The van der Waals surface area contributed by atoms with Gasteiger partial charge in [0.05, 0.1) is 11.5 Å². The van der Waals surface area contributed by atoms with E-state index >= 15 is 0 Å². The Labute approximate surface area is 96.0 Å². The summed E-state index contributed by atoms with van der Waals surface area (Å²) in [4.78, 5) is 11.1. The number of alkyl halides is 2. The van der Waals surface area contributed by atoms with Crippen molar-refractivity contribution in [3.63, 3.8) is 0 Å². The van der Waals surface area contributed by atoms with E-state index in [1.54, 1.807) is 6.07 Å². The van der Waals surface area contributed by atoms with Crippen molar-refractivity contribution >= 4 is 11.4 Å². The Balaban J connectivity index is 3.09. The Kier molecular flexibility index (Phi) is 3.93. The first-order valence-corrected chi connectivity index (χ1v) is 4.63. The average Bonchev–Trinajstić information content (AvgIpc) is 2.27. The van der Waals surface area contributed by atoms with Gasteiger partial charge in [0.2, 0.25) is 0 Å². The molecule has 0 spiro atoms. The fourth-order valence-corrected chi connectivity index (χ4v) is 1.32. The molecule has 0 unspecified atom stereocenters. The van der Waals surface area contributed by atoms with Crippen LogP contribution in [-0.2, 0) is 0 Å². The van der Waals surface area contributed by atoms with Gasteiger partial charge in [0, 0.05) is 18.8 Å². The third kappa shape index (κ3) is 3.11. The van der Waals surface area contributed by atoms with Gasteiger partial charge in [-0.15, -0.1) is 0 Å². The first-order chi connectivity index (χ1) is 7.95. The van der Waals surface area contributed by atoms with E-state index in [1.807, 2.05) is 0 Å². The molecule has 0 amide bonds. The standard InChI is InChI=1S/C10H9F2N3O2/c1-14(6-10(11)12)8-3-2-7(5-13)9(4-8)15(16)17/h2-4,10H,6H2,1H3. The summed E-state index contributed by atoms with van der Waals surface area (Å²) in [7, 11) is 1.40. The van der Waals surface area contributed by atoms with Crippen LogP contribution in [0.4, 0.5) is 20.2 Å². The van der Waals surface area contributed by atoms with Crippen molar-refractivity contribution in [3.05, 3.63) is 33.9 Å². The second-order valence-electron chi connectivity index (χ2n) is 3.34. The molecule has 1 rings (SSSR count). The number of nitro groups is 1. The van der Waals surface area contributed by atoms with Gasteiger partial charge in [0.25, 0.3) is 12.1 Å². The van der Waals surface area contributed by atoms with Gasteiger partial charge in [-0.05, 0) is 12.1 Å². The number of halogens is 2. The summed E-state index contributed by atoms with van der Waals surface area (Å²) < 4.78 is 24.3. The summed E-state index contributed by atoms with van der Waals surface area (Å²) in [6.07, 6.45) is -2.53. The monoisotopic (exact) mass is 241 g/mol. The zero-order valence-corrected chi connectivity index (χ0v) is 8.93. The fourth-order valence-electron chi connectivity index (χ4n) is 1.32. The highest BCUT2D eigenvalue weighted by Crippen LogP contribution is 2.24. The van der Waals surface area contributed by atoms with Crippen molar-refractivity contribution in [2.45, 2.75) is 6.43 Å². The maximum absolute atomic E-state index is 12.1. The van der Waals surface area contributed by atoms with E-state index in [1.165, 1.54) is 24.1 Å². The van der Waals surface area contributed by atoms with Crippen molar-refractivity contribution in [1.29, 1.82) is 5.26 Å². The number of hydrogen-bond donors (Lipinski definition) is 0. The first kappa shape index (κ1) is 12.8. The van der Waals surface area contributed by atoms with Crippen molar-refractivity contribution in [2.75, 3.05) is 18.5 Å². The van der Waals surface area contributed by atoms with Crippen LogP contribution in [0, 0.1) is 21.4 Å². The number of anilines is 1. The number of rotatable bonds is 4. The minimum absolute atomic E-state index is 0.0933.